The van der Waals surface area contributed by atoms with Gasteiger partial charge in [0, 0.05) is 6.61 Å². The Labute approximate surface area is 117 Å². The van der Waals surface area contributed by atoms with E-state index < -0.39 is 24.3 Å². The molecule has 110 valence electrons. The van der Waals surface area contributed by atoms with Crippen molar-refractivity contribution in [2.75, 3.05) is 6.61 Å². The molecule has 0 N–H and O–H groups in total. The fraction of sp³-hybridized carbons (Fsp3) is 0.833. The average Bonchev–Trinajstić information content (AvgIpc) is 2.99. The van der Waals surface area contributed by atoms with Crippen molar-refractivity contribution in [2.45, 2.75) is 58.0 Å². The van der Waals surface area contributed by atoms with Crippen LogP contribution in [0.5, 0.6) is 0 Å². The molecule has 20 heavy (non-hydrogen) atoms. The number of nitrogens with zero attached hydrogens (tertiary/aromatic N) is 3. The number of halogens is 1. The van der Waals surface area contributed by atoms with Crippen molar-refractivity contribution in [3.8, 4) is 0 Å². The molecule has 0 aliphatic carbocycles. The van der Waals surface area contributed by atoms with Crippen LogP contribution in [0.1, 0.15) is 46.8 Å². The lowest BCUT2D eigenvalue weighted by Crippen LogP contribution is -2.41. The van der Waals surface area contributed by atoms with Crippen LogP contribution in [0.15, 0.2) is 0 Å². The molecule has 2 aliphatic heterocycles. The molecule has 0 spiro atoms. The minimum atomic E-state index is -0.838. The molecule has 0 amide bonds. The number of ether oxygens (including phenoxy) is 1. The number of hydrogen-bond donors (Lipinski definition) is 0. The Morgan fingerprint density at radius 1 is 1.25 bits per heavy atom. The van der Waals surface area contributed by atoms with Gasteiger partial charge in [0.15, 0.2) is 11.8 Å². The van der Waals surface area contributed by atoms with E-state index in [9.17, 15) is 4.39 Å². The summed E-state index contributed by atoms with van der Waals surface area (Å²) in [6, 6.07) is 0. The molecule has 1 unspecified atom stereocenters. The SMILES string of the molecule is CC1(C)OB(c2nnn(C3CCCO3)c2F)OC1(C)C. The van der Waals surface area contributed by atoms with E-state index in [1.807, 2.05) is 27.7 Å². The zero-order valence-electron chi connectivity index (χ0n) is 12.2. The highest BCUT2D eigenvalue weighted by Gasteiger charge is 2.54. The van der Waals surface area contributed by atoms with Gasteiger partial charge in [-0.05, 0) is 40.5 Å². The monoisotopic (exact) mass is 283 g/mol. The van der Waals surface area contributed by atoms with Crippen molar-refractivity contribution in [3.63, 3.8) is 0 Å². The number of aromatic nitrogens is 3. The second-order valence-electron chi connectivity index (χ2n) is 6.27. The minimum absolute atomic E-state index is 0.0825. The van der Waals surface area contributed by atoms with Crippen molar-refractivity contribution in [3.05, 3.63) is 5.95 Å². The summed E-state index contributed by atoms with van der Waals surface area (Å²) in [4.78, 5) is 0. The van der Waals surface area contributed by atoms with Gasteiger partial charge in [-0.25, -0.2) is 0 Å². The van der Waals surface area contributed by atoms with Crippen molar-refractivity contribution >= 4 is 12.7 Å². The van der Waals surface area contributed by atoms with Gasteiger partial charge in [-0.15, -0.1) is 5.10 Å². The van der Waals surface area contributed by atoms with Gasteiger partial charge in [0.25, 0.3) is 0 Å². The first kappa shape index (κ1) is 14.0. The van der Waals surface area contributed by atoms with Gasteiger partial charge in [-0.3, -0.25) is 0 Å². The first-order valence-electron chi connectivity index (χ1n) is 6.90. The van der Waals surface area contributed by atoms with Gasteiger partial charge >= 0.3 is 7.12 Å². The van der Waals surface area contributed by atoms with Gasteiger partial charge in [0.2, 0.25) is 5.95 Å². The molecule has 1 aromatic heterocycles. The van der Waals surface area contributed by atoms with Gasteiger partial charge in [0.05, 0.1) is 11.2 Å². The molecule has 3 heterocycles. The highest BCUT2D eigenvalue weighted by molar-refractivity contribution is 6.61. The van der Waals surface area contributed by atoms with Crippen LogP contribution in [-0.2, 0) is 14.0 Å². The second kappa shape index (κ2) is 4.51. The van der Waals surface area contributed by atoms with Crippen LogP contribution in [-0.4, -0.2) is 39.9 Å². The minimum Gasteiger partial charge on any atom is -0.398 e. The molecular formula is C12H19BFN3O3. The summed E-state index contributed by atoms with van der Waals surface area (Å²) in [5.41, 5.74) is -0.977. The molecule has 1 atom stereocenters. The molecule has 6 nitrogen and oxygen atoms in total. The second-order valence-corrected chi connectivity index (χ2v) is 6.27. The first-order valence-corrected chi connectivity index (χ1v) is 6.90. The van der Waals surface area contributed by atoms with E-state index in [0.717, 1.165) is 12.8 Å². The lowest BCUT2D eigenvalue weighted by molar-refractivity contribution is 0.00578. The Hall–Kier alpha value is -0.985. The van der Waals surface area contributed by atoms with Crippen LogP contribution < -0.4 is 5.59 Å². The fourth-order valence-corrected chi connectivity index (χ4v) is 2.33. The van der Waals surface area contributed by atoms with Gasteiger partial charge in [0.1, 0.15) is 0 Å². The Kier molecular flexibility index (Phi) is 3.15. The van der Waals surface area contributed by atoms with E-state index in [1.165, 1.54) is 4.68 Å². The van der Waals surface area contributed by atoms with E-state index >= 15 is 0 Å². The van der Waals surface area contributed by atoms with E-state index in [2.05, 4.69) is 10.3 Å². The van der Waals surface area contributed by atoms with E-state index in [-0.39, 0.29) is 11.8 Å². The standard InChI is InChI=1S/C12H19BFN3O3/c1-11(2)12(3,4)20-13(19-11)9-10(14)17(16-15-9)8-6-5-7-18-8/h8H,5-7H2,1-4H3. The normalized spacial score (nSPS) is 28.2. The third kappa shape index (κ3) is 2.06. The highest BCUT2D eigenvalue weighted by atomic mass is 19.1. The quantitative estimate of drug-likeness (QED) is 0.759. The largest absolute Gasteiger partial charge is 0.521 e. The van der Waals surface area contributed by atoms with Crippen LogP contribution in [0.25, 0.3) is 0 Å². The summed E-state index contributed by atoms with van der Waals surface area (Å²) in [7, 11) is -0.838. The van der Waals surface area contributed by atoms with Crippen molar-refractivity contribution in [1.82, 2.24) is 15.0 Å². The van der Waals surface area contributed by atoms with Crippen molar-refractivity contribution in [1.29, 1.82) is 0 Å². The maximum atomic E-state index is 14.4. The Morgan fingerprint density at radius 2 is 1.90 bits per heavy atom. The first-order chi connectivity index (χ1) is 9.32. The molecule has 0 aromatic carbocycles. The van der Waals surface area contributed by atoms with Gasteiger partial charge in [-0.1, -0.05) is 5.21 Å². The van der Waals surface area contributed by atoms with Crippen molar-refractivity contribution in [2.24, 2.45) is 0 Å². The fourth-order valence-electron chi connectivity index (χ4n) is 2.33. The Morgan fingerprint density at radius 3 is 2.45 bits per heavy atom. The lowest BCUT2D eigenvalue weighted by atomic mass is 9.85. The third-order valence-corrected chi connectivity index (χ3v) is 4.32. The van der Waals surface area contributed by atoms with Crippen LogP contribution >= 0.6 is 0 Å². The van der Waals surface area contributed by atoms with E-state index in [1.54, 1.807) is 0 Å². The maximum absolute atomic E-state index is 14.4. The predicted octanol–water partition coefficient (Wildman–Crippen LogP) is 1.03. The molecule has 0 saturated carbocycles. The van der Waals surface area contributed by atoms with Crippen LogP contribution in [0, 0.1) is 5.95 Å². The number of hydrogen-bond acceptors (Lipinski definition) is 5. The lowest BCUT2D eigenvalue weighted by Gasteiger charge is -2.32. The molecule has 1 aromatic rings. The molecular weight excluding hydrogens is 264 g/mol. The van der Waals surface area contributed by atoms with E-state index in [4.69, 9.17) is 14.0 Å². The summed E-state index contributed by atoms with van der Waals surface area (Å²) in [6.45, 7) is 8.27. The summed E-state index contributed by atoms with van der Waals surface area (Å²) in [5, 5.41) is 7.73. The van der Waals surface area contributed by atoms with Crippen molar-refractivity contribution < 1.29 is 18.4 Å². The summed E-state index contributed by atoms with van der Waals surface area (Å²) in [5.74, 6) is -0.546. The van der Waals surface area contributed by atoms with E-state index in [0.29, 0.717) is 6.61 Å². The summed E-state index contributed by atoms with van der Waals surface area (Å²) >= 11 is 0. The van der Waals surface area contributed by atoms with Gasteiger partial charge in [-0.2, -0.15) is 9.07 Å². The van der Waals surface area contributed by atoms with Crippen LogP contribution in [0.2, 0.25) is 0 Å². The zero-order chi connectivity index (χ0) is 14.5. The van der Waals surface area contributed by atoms with Crippen LogP contribution in [0.3, 0.4) is 0 Å². The molecule has 8 heteroatoms. The summed E-state index contributed by atoms with van der Waals surface area (Å²) < 4.78 is 32.6. The highest BCUT2D eigenvalue weighted by Crippen LogP contribution is 2.36. The van der Waals surface area contributed by atoms with Crippen LogP contribution in [0.4, 0.5) is 4.39 Å². The molecule has 2 aliphatic rings. The third-order valence-electron chi connectivity index (χ3n) is 4.32. The van der Waals surface area contributed by atoms with Gasteiger partial charge < -0.3 is 14.0 Å². The molecule has 0 bridgehead atoms. The number of rotatable bonds is 2. The Balaban J connectivity index is 1.86. The molecule has 2 saturated heterocycles. The zero-order valence-corrected chi connectivity index (χ0v) is 12.2. The maximum Gasteiger partial charge on any atom is 0.521 e. The topological polar surface area (TPSA) is 58.4 Å². The predicted molar refractivity (Wildman–Crippen MR) is 69.9 cm³/mol. The Bertz CT molecular complexity index is 498. The average molecular weight is 283 g/mol. The summed E-state index contributed by atoms with van der Waals surface area (Å²) in [6.07, 6.45) is 1.26. The molecule has 0 radical (unpaired) electrons. The molecule has 3 rings (SSSR count). The molecule has 2 fully saturated rings. The smallest absolute Gasteiger partial charge is 0.398 e.